The lowest BCUT2D eigenvalue weighted by atomic mass is 10.1. The van der Waals surface area contributed by atoms with Crippen molar-refractivity contribution in [1.29, 1.82) is 0 Å². The molecule has 10 heteroatoms. The summed E-state index contributed by atoms with van der Waals surface area (Å²) in [4.78, 5) is 41.8. The fraction of sp³-hybridized carbons (Fsp3) is 0.355. The molecule has 1 aromatic heterocycles. The second-order valence-corrected chi connectivity index (χ2v) is 11.1. The molecule has 0 aliphatic carbocycles. The van der Waals surface area contributed by atoms with Gasteiger partial charge in [-0.25, -0.2) is 0 Å². The summed E-state index contributed by atoms with van der Waals surface area (Å²) in [6.07, 6.45) is 3.62. The van der Waals surface area contributed by atoms with Crippen LogP contribution in [0, 0.1) is 23.0 Å². The van der Waals surface area contributed by atoms with Crippen LogP contribution in [0.4, 0.5) is 5.69 Å². The molecule has 0 N–H and O–H groups in total. The number of non-ortho nitro benzene ring substituents is 1. The number of nitrogens with zero attached hydrogens (tertiary/aromatic N) is 3. The molecule has 0 saturated carbocycles. The number of amides is 2. The molecule has 0 fully saturated rings. The van der Waals surface area contributed by atoms with E-state index in [1.807, 2.05) is 50.4 Å². The number of carbonyl (C=O) groups excluding carboxylic acids is 2. The predicted octanol–water partition coefficient (Wildman–Crippen LogP) is 5.75. The molecule has 0 radical (unpaired) electrons. The quantitative estimate of drug-likeness (QED) is 0.137. The van der Waals surface area contributed by atoms with Crippen molar-refractivity contribution < 1.29 is 24.0 Å². The Morgan fingerprint density at radius 2 is 1.73 bits per heavy atom. The third-order valence-corrected chi connectivity index (χ3v) is 7.53. The second-order valence-electron chi connectivity index (χ2n) is 10.1. The molecule has 0 saturated heterocycles. The summed E-state index contributed by atoms with van der Waals surface area (Å²) in [7, 11) is 3.18. The molecule has 0 aliphatic rings. The van der Waals surface area contributed by atoms with Gasteiger partial charge in [0.15, 0.2) is 11.5 Å². The average Bonchev–Trinajstić information content (AvgIpc) is 3.37. The molecule has 9 nitrogen and oxygen atoms in total. The molecule has 1 heterocycles. The maximum Gasteiger partial charge on any atom is 0.269 e. The summed E-state index contributed by atoms with van der Waals surface area (Å²) in [5.41, 5.74) is 2.77. The summed E-state index contributed by atoms with van der Waals surface area (Å²) in [6.45, 7) is 7.30. The summed E-state index contributed by atoms with van der Waals surface area (Å²) in [6, 6.07) is 13.7. The SMILES string of the molecule is COc1ccc(CCN(Cc2sccc2C)C(=O)CN(CC(C)C)C(=O)C=Cc2ccc([N+](=O)[O-])cc2)cc1OC. The number of benzene rings is 2. The number of aryl methyl sites for hydroxylation is 1. The van der Waals surface area contributed by atoms with E-state index in [9.17, 15) is 19.7 Å². The molecule has 41 heavy (non-hydrogen) atoms. The van der Waals surface area contributed by atoms with Crippen molar-refractivity contribution in [3.05, 3.63) is 91.7 Å². The summed E-state index contributed by atoms with van der Waals surface area (Å²) < 4.78 is 10.8. The zero-order valence-corrected chi connectivity index (χ0v) is 25.0. The lowest BCUT2D eigenvalue weighted by Crippen LogP contribution is -2.44. The van der Waals surface area contributed by atoms with Crippen molar-refractivity contribution in [3.63, 3.8) is 0 Å². The minimum Gasteiger partial charge on any atom is -0.493 e. The van der Waals surface area contributed by atoms with E-state index in [0.717, 1.165) is 16.0 Å². The monoisotopic (exact) mass is 579 g/mol. The van der Waals surface area contributed by atoms with E-state index in [-0.39, 0.29) is 30.0 Å². The molecular weight excluding hydrogens is 542 g/mol. The Balaban J connectivity index is 1.77. The molecule has 0 spiro atoms. The van der Waals surface area contributed by atoms with Crippen molar-refractivity contribution in [2.75, 3.05) is 33.9 Å². The van der Waals surface area contributed by atoms with Crippen LogP contribution >= 0.6 is 11.3 Å². The van der Waals surface area contributed by atoms with Crippen LogP contribution in [-0.2, 0) is 22.6 Å². The standard InChI is InChI=1S/C31H37N3O6S/c1-22(2)19-33(30(35)13-9-24-6-10-26(11-7-24)34(37)38)21-31(36)32(20-29-23(3)15-17-41-29)16-14-25-8-12-27(39-4)28(18-25)40-5/h6-13,15,17-18,22H,14,16,19-21H2,1-5H3. The highest BCUT2D eigenvalue weighted by Gasteiger charge is 2.22. The van der Waals surface area contributed by atoms with Gasteiger partial charge in [0.2, 0.25) is 11.8 Å². The van der Waals surface area contributed by atoms with Crippen LogP contribution in [0.2, 0.25) is 0 Å². The molecule has 3 aromatic rings. The van der Waals surface area contributed by atoms with Crippen molar-refractivity contribution in [1.82, 2.24) is 9.80 Å². The number of methoxy groups -OCH3 is 2. The number of hydrogen-bond donors (Lipinski definition) is 0. The Labute approximate surface area is 245 Å². The summed E-state index contributed by atoms with van der Waals surface area (Å²) in [5, 5.41) is 12.9. The minimum absolute atomic E-state index is 0.0188. The molecule has 2 amide bonds. The van der Waals surface area contributed by atoms with Gasteiger partial charge in [-0.3, -0.25) is 19.7 Å². The fourth-order valence-electron chi connectivity index (χ4n) is 4.25. The van der Waals surface area contributed by atoms with Crippen LogP contribution < -0.4 is 9.47 Å². The number of ether oxygens (including phenoxy) is 2. The van der Waals surface area contributed by atoms with Gasteiger partial charge in [-0.2, -0.15) is 0 Å². The molecule has 0 aliphatic heterocycles. The van der Waals surface area contributed by atoms with E-state index >= 15 is 0 Å². The van der Waals surface area contributed by atoms with E-state index in [2.05, 4.69) is 0 Å². The fourth-order valence-corrected chi connectivity index (χ4v) is 5.17. The van der Waals surface area contributed by atoms with Crippen molar-refractivity contribution in [2.24, 2.45) is 5.92 Å². The molecule has 0 atom stereocenters. The number of rotatable bonds is 14. The highest BCUT2D eigenvalue weighted by Crippen LogP contribution is 2.28. The van der Waals surface area contributed by atoms with Gasteiger partial charge >= 0.3 is 0 Å². The van der Waals surface area contributed by atoms with Crippen LogP contribution in [0.3, 0.4) is 0 Å². The Morgan fingerprint density at radius 1 is 1.02 bits per heavy atom. The Hall–Kier alpha value is -4.18. The predicted molar refractivity (Wildman–Crippen MR) is 161 cm³/mol. The molecule has 218 valence electrons. The first kappa shape index (κ1) is 31.3. The van der Waals surface area contributed by atoms with Gasteiger partial charge in [0.25, 0.3) is 5.69 Å². The maximum atomic E-state index is 13.7. The van der Waals surface area contributed by atoms with Gasteiger partial charge in [-0.15, -0.1) is 11.3 Å². The van der Waals surface area contributed by atoms with E-state index in [0.29, 0.717) is 43.1 Å². The van der Waals surface area contributed by atoms with Crippen LogP contribution in [0.5, 0.6) is 11.5 Å². The lowest BCUT2D eigenvalue weighted by Gasteiger charge is -2.28. The normalized spacial score (nSPS) is 11.1. The first-order valence-electron chi connectivity index (χ1n) is 13.3. The molecule has 2 aromatic carbocycles. The Bertz CT molecular complexity index is 1370. The van der Waals surface area contributed by atoms with E-state index < -0.39 is 4.92 Å². The number of nitro benzene ring substituents is 1. The zero-order chi connectivity index (χ0) is 29.9. The first-order chi connectivity index (χ1) is 19.6. The van der Waals surface area contributed by atoms with E-state index in [1.165, 1.54) is 18.2 Å². The molecular formula is C31H37N3O6S. The van der Waals surface area contributed by atoms with Gasteiger partial charge in [0.05, 0.1) is 25.7 Å². The highest BCUT2D eigenvalue weighted by molar-refractivity contribution is 7.10. The first-order valence-corrected chi connectivity index (χ1v) is 14.2. The maximum absolute atomic E-state index is 13.7. The minimum atomic E-state index is -0.469. The molecule has 0 bridgehead atoms. The van der Waals surface area contributed by atoms with Crippen molar-refractivity contribution >= 4 is 34.9 Å². The van der Waals surface area contributed by atoms with Gasteiger partial charge in [-0.05, 0) is 77.7 Å². The van der Waals surface area contributed by atoms with Crippen LogP contribution in [0.15, 0.2) is 60.0 Å². The van der Waals surface area contributed by atoms with Gasteiger partial charge in [0.1, 0.15) is 6.54 Å². The molecule has 0 unspecified atom stereocenters. The Morgan fingerprint density at radius 3 is 2.32 bits per heavy atom. The number of carbonyl (C=O) groups is 2. The number of thiophene rings is 1. The highest BCUT2D eigenvalue weighted by atomic mass is 32.1. The second kappa shape index (κ2) is 15.0. The van der Waals surface area contributed by atoms with Crippen LogP contribution in [-0.4, -0.2) is 60.4 Å². The summed E-state index contributed by atoms with van der Waals surface area (Å²) >= 11 is 1.61. The summed E-state index contributed by atoms with van der Waals surface area (Å²) in [5.74, 6) is 0.987. The largest absolute Gasteiger partial charge is 0.493 e. The number of hydrogen-bond acceptors (Lipinski definition) is 7. The Kier molecular flexibility index (Phi) is 11.5. The van der Waals surface area contributed by atoms with E-state index in [4.69, 9.17) is 9.47 Å². The van der Waals surface area contributed by atoms with E-state index in [1.54, 1.807) is 53.6 Å². The van der Waals surface area contributed by atoms with Gasteiger partial charge < -0.3 is 19.3 Å². The third kappa shape index (κ3) is 9.18. The third-order valence-electron chi connectivity index (χ3n) is 6.52. The average molecular weight is 580 g/mol. The molecule has 3 rings (SSSR count). The van der Waals surface area contributed by atoms with Crippen LogP contribution in [0.1, 0.15) is 35.4 Å². The van der Waals surface area contributed by atoms with Gasteiger partial charge in [0, 0.05) is 36.2 Å². The van der Waals surface area contributed by atoms with Crippen LogP contribution in [0.25, 0.3) is 6.08 Å². The van der Waals surface area contributed by atoms with Gasteiger partial charge in [-0.1, -0.05) is 19.9 Å². The smallest absolute Gasteiger partial charge is 0.269 e. The zero-order valence-electron chi connectivity index (χ0n) is 24.2. The van der Waals surface area contributed by atoms with Crippen molar-refractivity contribution in [2.45, 2.75) is 33.7 Å². The van der Waals surface area contributed by atoms with Crippen molar-refractivity contribution in [3.8, 4) is 11.5 Å². The topological polar surface area (TPSA) is 102 Å². The number of nitro groups is 1. The lowest BCUT2D eigenvalue weighted by molar-refractivity contribution is -0.384.